The molecule has 0 amide bonds. The van der Waals surface area contributed by atoms with E-state index >= 15 is 0 Å². The van der Waals surface area contributed by atoms with Gasteiger partial charge in [0.05, 0.1) is 0 Å². The highest BCUT2D eigenvalue weighted by atomic mass is 35.5. The minimum absolute atomic E-state index is 0. The molecule has 0 atom stereocenters. The maximum absolute atomic E-state index is 5.62. The Labute approximate surface area is 58.9 Å². The van der Waals surface area contributed by atoms with Gasteiger partial charge in [-0.15, -0.1) is 3.54 Å². The SMILES string of the molecule is C[C](C)(C)[Mg][Cl].N. The van der Waals surface area contributed by atoms with E-state index < -0.39 is 0 Å². The molecule has 0 heterocycles. The van der Waals surface area contributed by atoms with Gasteiger partial charge in [0.25, 0.3) is 0 Å². The van der Waals surface area contributed by atoms with Gasteiger partial charge in [-0.1, -0.05) is 20.8 Å². The van der Waals surface area contributed by atoms with Crippen molar-refractivity contribution in [2.24, 2.45) is 0 Å². The van der Waals surface area contributed by atoms with Crippen molar-refractivity contribution < 1.29 is 0 Å². The first kappa shape index (κ1) is 10.9. The van der Waals surface area contributed by atoms with Gasteiger partial charge in [0, 0.05) is 0 Å². The van der Waals surface area contributed by atoms with Crippen molar-refractivity contribution in [3.05, 3.63) is 0 Å². The van der Waals surface area contributed by atoms with Gasteiger partial charge in [-0.2, -0.15) is 0 Å². The van der Waals surface area contributed by atoms with Crippen LogP contribution in [0.15, 0.2) is 0 Å². The Morgan fingerprint density at radius 1 is 1.29 bits per heavy atom. The first-order valence-electron chi connectivity index (χ1n) is 2.12. The first-order chi connectivity index (χ1) is 2.56. The van der Waals surface area contributed by atoms with E-state index in [2.05, 4.69) is 20.8 Å². The Morgan fingerprint density at radius 2 is 1.43 bits per heavy atom. The summed E-state index contributed by atoms with van der Waals surface area (Å²) in [5, 5.41) is 0. The predicted molar refractivity (Wildman–Crippen MR) is 36.3 cm³/mol. The Kier molecular flexibility index (Phi) is 6.16. The average Bonchev–Trinajstić information content (AvgIpc) is 1.35. The van der Waals surface area contributed by atoms with Gasteiger partial charge in [-0.25, -0.2) is 0 Å². The Bertz CT molecular complexity index is 41.4. The largest absolute Gasteiger partial charge is 0.506 e. The molecule has 0 saturated heterocycles. The maximum Gasteiger partial charge on any atom is 0.506 e. The van der Waals surface area contributed by atoms with Crippen LogP contribution in [0.5, 0.6) is 0 Å². The predicted octanol–water partition coefficient (Wildman–Crippen LogP) is 2.22. The molecular formula is C4H12ClMgN. The normalized spacial score (nSPS) is 9.14. The lowest BCUT2D eigenvalue weighted by Gasteiger charge is -2.09. The molecule has 0 aliphatic carbocycles. The minimum Gasteiger partial charge on any atom is -0.345 e. The molecule has 0 bridgehead atoms. The summed E-state index contributed by atoms with van der Waals surface area (Å²) in [7, 11) is 5.62. The van der Waals surface area contributed by atoms with E-state index in [1.807, 2.05) is 0 Å². The van der Waals surface area contributed by atoms with Crippen molar-refractivity contribution >= 4 is 28.3 Å². The molecule has 0 aromatic rings. The van der Waals surface area contributed by atoms with Gasteiger partial charge in [-0.3, -0.25) is 0 Å². The topological polar surface area (TPSA) is 35.0 Å². The molecule has 0 fully saturated rings. The second kappa shape index (κ2) is 3.95. The lowest BCUT2D eigenvalue weighted by atomic mass is 10.2. The third-order valence-electron chi connectivity index (χ3n) is 0.401. The summed E-state index contributed by atoms with van der Waals surface area (Å²) in [5.41, 5.74) is 0. The zero-order valence-corrected chi connectivity index (χ0v) is 7.46. The average molecular weight is 134 g/mol. The summed E-state index contributed by atoms with van der Waals surface area (Å²) in [6.45, 7) is 6.52. The lowest BCUT2D eigenvalue weighted by molar-refractivity contribution is 0.763. The summed E-state index contributed by atoms with van der Waals surface area (Å²) in [6.07, 6.45) is 0. The van der Waals surface area contributed by atoms with Crippen LogP contribution in [0, 0.1) is 0 Å². The second-order valence-electron chi connectivity index (χ2n) is 2.69. The van der Waals surface area contributed by atoms with Crippen molar-refractivity contribution in [3.8, 4) is 0 Å². The monoisotopic (exact) mass is 133 g/mol. The standard InChI is InChI=1S/C4H9.ClH.Mg.H3N/c1-4(2)3;;;/h1-3H3;1H;;1H3/q;;+1;/p-1. The van der Waals surface area contributed by atoms with Crippen LogP contribution in [-0.4, -0.2) is 19.3 Å². The fourth-order valence-electron chi connectivity index (χ4n) is 0. The molecule has 0 aromatic carbocycles. The zero-order chi connectivity index (χ0) is 5.21. The molecule has 0 rings (SSSR count). The van der Waals surface area contributed by atoms with Crippen molar-refractivity contribution in [3.63, 3.8) is 0 Å². The molecular weight excluding hydrogens is 122 g/mol. The van der Waals surface area contributed by atoms with Crippen LogP contribution in [0.3, 0.4) is 0 Å². The molecule has 3 heteroatoms. The third-order valence-corrected chi connectivity index (χ3v) is 3.61. The minimum atomic E-state index is -0.275. The molecule has 7 heavy (non-hydrogen) atoms. The van der Waals surface area contributed by atoms with Crippen LogP contribution in [0.4, 0.5) is 0 Å². The van der Waals surface area contributed by atoms with E-state index in [0.29, 0.717) is 3.54 Å². The molecule has 0 radical (unpaired) electrons. The molecule has 3 N–H and O–H groups in total. The Balaban J connectivity index is 0. The lowest BCUT2D eigenvalue weighted by Crippen LogP contribution is -1.99. The zero-order valence-electron chi connectivity index (χ0n) is 5.29. The van der Waals surface area contributed by atoms with Crippen LogP contribution in [0.1, 0.15) is 20.8 Å². The molecule has 0 saturated carbocycles. The Hall–Kier alpha value is 1.02. The molecule has 42 valence electrons. The quantitative estimate of drug-likeness (QED) is 0.506. The fourth-order valence-corrected chi connectivity index (χ4v) is 0. The summed E-state index contributed by atoms with van der Waals surface area (Å²) in [5.74, 6) is 0. The van der Waals surface area contributed by atoms with Crippen molar-refractivity contribution in [1.82, 2.24) is 6.15 Å². The van der Waals surface area contributed by atoms with E-state index in [1.165, 1.54) is 0 Å². The molecule has 0 spiro atoms. The van der Waals surface area contributed by atoms with Crippen molar-refractivity contribution in [1.29, 1.82) is 0 Å². The molecule has 0 aliphatic rings. The van der Waals surface area contributed by atoms with Gasteiger partial charge < -0.3 is 15.2 Å². The second-order valence-corrected chi connectivity index (χ2v) is 5.88. The smallest absolute Gasteiger partial charge is 0.345 e. The van der Waals surface area contributed by atoms with Gasteiger partial charge >= 0.3 is 19.3 Å². The van der Waals surface area contributed by atoms with E-state index in [9.17, 15) is 0 Å². The van der Waals surface area contributed by atoms with Crippen molar-refractivity contribution in [2.45, 2.75) is 24.3 Å². The van der Waals surface area contributed by atoms with Gasteiger partial charge in [-0.05, 0) is 0 Å². The van der Waals surface area contributed by atoms with Gasteiger partial charge in [0.2, 0.25) is 0 Å². The van der Waals surface area contributed by atoms with E-state index in [0.717, 1.165) is 0 Å². The highest BCUT2D eigenvalue weighted by molar-refractivity contribution is 6.95. The Morgan fingerprint density at radius 3 is 1.43 bits per heavy atom. The van der Waals surface area contributed by atoms with Gasteiger partial charge in [0.1, 0.15) is 0 Å². The summed E-state index contributed by atoms with van der Waals surface area (Å²) < 4.78 is 0.446. The summed E-state index contributed by atoms with van der Waals surface area (Å²) in [4.78, 5) is 0. The fraction of sp³-hybridized carbons (Fsp3) is 1.00. The van der Waals surface area contributed by atoms with Gasteiger partial charge in [0.15, 0.2) is 0 Å². The van der Waals surface area contributed by atoms with E-state index in [4.69, 9.17) is 9.07 Å². The van der Waals surface area contributed by atoms with E-state index in [1.54, 1.807) is 0 Å². The first-order valence-corrected chi connectivity index (χ1v) is 4.97. The molecule has 0 aromatic heterocycles. The third kappa shape index (κ3) is 10.9. The highest BCUT2D eigenvalue weighted by Gasteiger charge is 2.11. The van der Waals surface area contributed by atoms with Crippen LogP contribution in [0.2, 0.25) is 3.54 Å². The van der Waals surface area contributed by atoms with Crippen LogP contribution in [-0.2, 0) is 0 Å². The number of halogens is 1. The van der Waals surface area contributed by atoms with Crippen LogP contribution >= 0.6 is 9.07 Å². The number of rotatable bonds is 0. The van der Waals surface area contributed by atoms with Crippen molar-refractivity contribution in [2.75, 3.05) is 0 Å². The molecule has 0 aliphatic heterocycles. The number of hydrogen-bond donors (Lipinski definition) is 1. The van der Waals surface area contributed by atoms with Crippen LogP contribution in [0.25, 0.3) is 0 Å². The summed E-state index contributed by atoms with van der Waals surface area (Å²) >= 11 is -0.275. The highest BCUT2D eigenvalue weighted by Crippen LogP contribution is 2.20. The maximum atomic E-state index is 5.62. The van der Waals surface area contributed by atoms with E-state index in [-0.39, 0.29) is 25.4 Å². The molecule has 0 unspecified atom stereocenters. The number of hydrogen-bond acceptors (Lipinski definition) is 1. The van der Waals surface area contributed by atoms with Crippen LogP contribution < -0.4 is 6.15 Å². The summed E-state index contributed by atoms with van der Waals surface area (Å²) in [6, 6.07) is 0. The molecule has 1 nitrogen and oxygen atoms in total.